The molecule has 1 aromatic carbocycles. The lowest BCUT2D eigenvalue weighted by Crippen LogP contribution is -2.43. The lowest BCUT2D eigenvalue weighted by molar-refractivity contribution is 0.0697. The summed E-state index contributed by atoms with van der Waals surface area (Å²) in [7, 11) is -3.38. The summed E-state index contributed by atoms with van der Waals surface area (Å²) in [5, 5.41) is 11.1. The Morgan fingerprint density at radius 1 is 1.07 bits per heavy atom. The number of sulfonamides is 1. The minimum atomic E-state index is -3.38. The van der Waals surface area contributed by atoms with Crippen LogP contribution in [0.3, 0.4) is 0 Å². The molecular formula is C30H35N5O5S. The zero-order valence-corrected chi connectivity index (χ0v) is 23.9. The lowest BCUT2D eigenvalue weighted by Gasteiger charge is -2.34. The number of carbonyl (C=O) groups is 1. The first-order valence-electron chi connectivity index (χ1n) is 14.3. The number of carboxylic acids is 1. The molecule has 3 aromatic heterocycles. The molecule has 0 spiro atoms. The minimum absolute atomic E-state index is 0.101. The Labute approximate surface area is 239 Å². The summed E-state index contributed by atoms with van der Waals surface area (Å²) in [6.45, 7) is 3.37. The fourth-order valence-corrected chi connectivity index (χ4v) is 8.42. The summed E-state index contributed by atoms with van der Waals surface area (Å²) in [4.78, 5) is 28.0. The maximum atomic E-state index is 13.5. The number of carboxylic acid groups (broad SMARTS) is 1. The largest absolute Gasteiger partial charge is 0.493 e. The molecule has 2 N–H and O–H groups in total. The van der Waals surface area contributed by atoms with Crippen LogP contribution in [0.25, 0.3) is 21.9 Å². The normalized spacial score (nSPS) is 22.2. The molecule has 41 heavy (non-hydrogen) atoms. The molecule has 1 aliphatic carbocycles. The van der Waals surface area contributed by atoms with E-state index in [-0.39, 0.29) is 23.2 Å². The molecule has 2 fully saturated rings. The second-order valence-corrected chi connectivity index (χ2v) is 13.5. The van der Waals surface area contributed by atoms with Gasteiger partial charge >= 0.3 is 5.97 Å². The average molecular weight is 578 g/mol. The second-order valence-electron chi connectivity index (χ2n) is 11.4. The number of fused-ring (bicyclic) bond motifs is 3. The molecule has 1 saturated carbocycles. The number of aryl methyl sites for hydroxylation is 1. The molecule has 6 rings (SSSR count). The van der Waals surface area contributed by atoms with Gasteiger partial charge < -0.3 is 14.8 Å². The highest BCUT2D eigenvalue weighted by atomic mass is 32.2. The van der Waals surface area contributed by atoms with Crippen molar-refractivity contribution in [3.05, 3.63) is 59.8 Å². The summed E-state index contributed by atoms with van der Waals surface area (Å²) in [5.74, 6) is 1.18. The molecule has 1 aliphatic heterocycles. The summed E-state index contributed by atoms with van der Waals surface area (Å²) in [6, 6.07) is 8.29. The van der Waals surface area contributed by atoms with Crippen LogP contribution in [0.1, 0.15) is 66.3 Å². The predicted octanol–water partition coefficient (Wildman–Crippen LogP) is 4.91. The molecule has 216 valence electrons. The van der Waals surface area contributed by atoms with Crippen molar-refractivity contribution in [3.8, 4) is 5.75 Å². The van der Waals surface area contributed by atoms with Crippen LogP contribution >= 0.6 is 0 Å². The van der Waals surface area contributed by atoms with Crippen LogP contribution in [0.5, 0.6) is 5.75 Å². The molecular weight excluding hydrogens is 542 g/mol. The van der Waals surface area contributed by atoms with Crippen molar-refractivity contribution < 1.29 is 23.1 Å². The first-order chi connectivity index (χ1) is 19.8. The van der Waals surface area contributed by atoms with Crippen molar-refractivity contribution in [2.24, 2.45) is 11.8 Å². The SMILES string of the molecule is Cc1nc2cnc3nccc3c2c(C2CCC(CS(=O)(=O)N3CCCC(COc4ccc(C(=O)O)cc4)C3)CC2)[nH]1. The van der Waals surface area contributed by atoms with Crippen molar-refractivity contribution in [3.63, 3.8) is 0 Å². The highest BCUT2D eigenvalue weighted by Gasteiger charge is 2.33. The fourth-order valence-electron chi connectivity index (χ4n) is 6.43. The molecule has 1 unspecified atom stereocenters. The van der Waals surface area contributed by atoms with E-state index in [9.17, 15) is 13.2 Å². The number of hydrogen-bond donors (Lipinski definition) is 2. The van der Waals surface area contributed by atoms with Gasteiger partial charge in [-0.05, 0) is 87.6 Å². The van der Waals surface area contributed by atoms with Crippen molar-refractivity contribution in [2.75, 3.05) is 25.4 Å². The number of rotatable bonds is 8. The Hall–Kier alpha value is -3.57. The smallest absolute Gasteiger partial charge is 0.335 e. The molecule has 2 aliphatic rings. The van der Waals surface area contributed by atoms with Crippen LogP contribution in [0, 0.1) is 18.8 Å². The summed E-state index contributed by atoms with van der Waals surface area (Å²) in [5.41, 5.74) is 2.95. The Balaban J connectivity index is 1.06. The standard InChI is InChI=1S/C30H35N5O5S/c1-19-33-26-15-32-29-25(12-13-31-29)27(26)28(34-19)22-6-4-20(5-7-22)18-41(38,39)35-14-2-3-21(16-35)17-40-24-10-8-23(9-11-24)30(36)37/h8-13,15,20-22H,2-7,14,16-18H2,1H3,(H,33,34)(H,36,37). The van der Waals surface area contributed by atoms with Gasteiger partial charge in [0.1, 0.15) is 11.6 Å². The Morgan fingerprint density at radius 3 is 2.61 bits per heavy atom. The molecule has 10 nitrogen and oxygen atoms in total. The molecule has 0 amide bonds. The van der Waals surface area contributed by atoms with Gasteiger partial charge in [-0.15, -0.1) is 0 Å². The van der Waals surface area contributed by atoms with Crippen molar-refractivity contribution in [1.82, 2.24) is 24.2 Å². The van der Waals surface area contributed by atoms with Crippen molar-refractivity contribution in [1.29, 1.82) is 0 Å². The molecule has 4 heterocycles. The molecule has 1 saturated heterocycles. The first kappa shape index (κ1) is 27.6. The van der Waals surface area contributed by atoms with E-state index in [2.05, 4.69) is 19.9 Å². The number of nitrogens with one attached hydrogen (secondary N) is 1. The second kappa shape index (κ2) is 11.4. The minimum Gasteiger partial charge on any atom is -0.493 e. The van der Waals surface area contributed by atoms with E-state index in [1.807, 2.05) is 13.0 Å². The molecule has 1 atom stereocenters. The van der Waals surface area contributed by atoms with Gasteiger partial charge in [0.15, 0.2) is 5.65 Å². The van der Waals surface area contributed by atoms with E-state index in [0.717, 1.165) is 72.0 Å². The van der Waals surface area contributed by atoms with Gasteiger partial charge in [0.25, 0.3) is 0 Å². The summed E-state index contributed by atoms with van der Waals surface area (Å²) >= 11 is 0. The van der Waals surface area contributed by atoms with Crippen molar-refractivity contribution >= 4 is 37.9 Å². The number of pyridine rings is 1. The number of nitrogens with zero attached hydrogens (tertiary/aromatic N) is 4. The quantitative estimate of drug-likeness (QED) is 0.301. The third-order valence-corrected chi connectivity index (χ3v) is 10.6. The van der Waals surface area contributed by atoms with Gasteiger partial charge in [0.05, 0.1) is 29.6 Å². The third-order valence-electron chi connectivity index (χ3n) is 8.55. The van der Waals surface area contributed by atoms with Gasteiger partial charge in [-0.3, -0.25) is 0 Å². The monoisotopic (exact) mass is 577 g/mol. The number of benzene rings is 1. The number of aromatic carboxylic acids is 1. The van der Waals surface area contributed by atoms with Gasteiger partial charge in [-0.25, -0.2) is 32.5 Å². The van der Waals surface area contributed by atoms with Crippen LogP contribution in [0.15, 0.2) is 42.7 Å². The maximum Gasteiger partial charge on any atom is 0.335 e. The topological polar surface area (TPSA) is 138 Å². The number of H-pyrrole nitrogens is 1. The average Bonchev–Trinajstić information content (AvgIpc) is 3.45. The van der Waals surface area contributed by atoms with E-state index in [1.165, 1.54) is 12.1 Å². The number of hydrogen-bond acceptors (Lipinski definition) is 7. The van der Waals surface area contributed by atoms with Crippen molar-refractivity contribution in [2.45, 2.75) is 51.4 Å². The van der Waals surface area contributed by atoms with E-state index >= 15 is 0 Å². The lowest BCUT2D eigenvalue weighted by atomic mass is 9.80. The maximum absolute atomic E-state index is 13.5. The van der Waals surface area contributed by atoms with Crippen LogP contribution in [-0.4, -0.2) is 69.2 Å². The van der Waals surface area contributed by atoms with E-state index in [4.69, 9.17) is 9.84 Å². The molecule has 4 aromatic rings. The molecule has 11 heteroatoms. The molecule has 0 radical (unpaired) electrons. The van der Waals surface area contributed by atoms with Crippen LogP contribution < -0.4 is 4.74 Å². The van der Waals surface area contributed by atoms with Crippen LogP contribution in [-0.2, 0) is 10.0 Å². The zero-order valence-electron chi connectivity index (χ0n) is 23.1. The van der Waals surface area contributed by atoms with Gasteiger partial charge in [0, 0.05) is 41.7 Å². The number of piperidine rings is 1. The number of aromatic nitrogens is 4. The van der Waals surface area contributed by atoms with Gasteiger partial charge in [0.2, 0.25) is 10.0 Å². The van der Waals surface area contributed by atoms with Crippen LogP contribution in [0.4, 0.5) is 0 Å². The van der Waals surface area contributed by atoms with Gasteiger partial charge in [-0.1, -0.05) is 0 Å². The van der Waals surface area contributed by atoms with Gasteiger partial charge in [-0.2, -0.15) is 0 Å². The number of ether oxygens (including phenoxy) is 1. The van der Waals surface area contributed by atoms with Crippen LogP contribution in [0.2, 0.25) is 0 Å². The van der Waals surface area contributed by atoms with E-state index in [0.29, 0.717) is 31.4 Å². The fraction of sp³-hybridized carbons (Fsp3) is 0.467. The Morgan fingerprint density at radius 2 is 1.85 bits per heavy atom. The van der Waals surface area contributed by atoms with E-state index < -0.39 is 16.0 Å². The zero-order chi connectivity index (χ0) is 28.6. The Kier molecular flexibility index (Phi) is 7.65. The third kappa shape index (κ3) is 5.92. The summed E-state index contributed by atoms with van der Waals surface area (Å²) in [6.07, 6.45) is 8.85. The highest BCUT2D eigenvalue weighted by molar-refractivity contribution is 7.89. The predicted molar refractivity (Wildman–Crippen MR) is 156 cm³/mol. The van der Waals surface area contributed by atoms with E-state index in [1.54, 1.807) is 28.8 Å². The summed E-state index contributed by atoms with van der Waals surface area (Å²) < 4.78 is 34.5. The number of aromatic amines is 1. The highest BCUT2D eigenvalue weighted by Crippen LogP contribution is 2.40. The molecule has 0 bridgehead atoms. The Bertz CT molecular complexity index is 1660. The first-order valence-corrected chi connectivity index (χ1v) is 15.9.